The van der Waals surface area contributed by atoms with Crippen molar-refractivity contribution < 1.29 is 0 Å². The number of nitrogens with zero attached hydrogens (tertiary/aromatic N) is 1. The van der Waals surface area contributed by atoms with Crippen molar-refractivity contribution in [2.45, 2.75) is 13.3 Å². The molecule has 0 radical (unpaired) electrons. The zero-order valence-electron chi connectivity index (χ0n) is 10.1. The van der Waals surface area contributed by atoms with E-state index >= 15 is 0 Å². The fraction of sp³-hybridized carbons (Fsp3) is 0.214. The second-order valence-corrected chi connectivity index (χ2v) is 4.59. The molecule has 18 heavy (non-hydrogen) atoms. The lowest BCUT2D eigenvalue weighted by Crippen LogP contribution is -2.04. The molecule has 0 saturated heterocycles. The highest BCUT2D eigenvalue weighted by molar-refractivity contribution is 6.30. The van der Waals surface area contributed by atoms with Gasteiger partial charge in [-0.05, 0) is 42.7 Å². The Morgan fingerprint density at radius 3 is 2.67 bits per heavy atom. The molecule has 2 rings (SSSR count). The molecule has 4 heteroatoms. The van der Waals surface area contributed by atoms with Crippen molar-refractivity contribution >= 4 is 17.4 Å². The maximum Gasteiger partial charge on any atom is 0.122 e. The van der Waals surface area contributed by atoms with Crippen molar-refractivity contribution in [1.82, 2.24) is 4.98 Å². The van der Waals surface area contributed by atoms with Gasteiger partial charge in [-0.2, -0.15) is 5.26 Å². The summed E-state index contributed by atoms with van der Waals surface area (Å²) in [6.07, 6.45) is 0.914. The number of anilines is 1. The molecule has 0 amide bonds. The van der Waals surface area contributed by atoms with Crippen LogP contribution in [0.2, 0.25) is 5.02 Å². The van der Waals surface area contributed by atoms with Crippen LogP contribution in [-0.2, 0) is 6.42 Å². The summed E-state index contributed by atoms with van der Waals surface area (Å²) in [6.45, 7) is 2.73. The van der Waals surface area contributed by atoms with E-state index in [1.807, 2.05) is 37.3 Å². The molecule has 0 unspecified atom stereocenters. The normalized spacial score (nSPS) is 10.1. The van der Waals surface area contributed by atoms with Gasteiger partial charge in [-0.1, -0.05) is 23.7 Å². The molecule has 0 atom stereocenters. The van der Waals surface area contributed by atoms with Crippen LogP contribution < -0.4 is 5.32 Å². The van der Waals surface area contributed by atoms with Gasteiger partial charge in [-0.15, -0.1) is 0 Å². The fourth-order valence-electron chi connectivity index (χ4n) is 1.76. The number of aromatic nitrogens is 1. The molecule has 2 aromatic rings. The summed E-state index contributed by atoms with van der Waals surface area (Å²) >= 11 is 5.83. The Bertz CT molecular complexity index is 564. The molecule has 2 N–H and O–H groups in total. The van der Waals surface area contributed by atoms with Gasteiger partial charge in [-0.3, -0.25) is 0 Å². The minimum absolute atomic E-state index is 0.615. The standard InChI is InChI=1S/C14H14ClN3/c1-10-8-14(18-13(10)9-16)17-7-6-11-2-4-12(15)5-3-11/h2-5,8,17-18H,6-7H2,1H3. The Kier molecular flexibility index (Phi) is 3.91. The maximum atomic E-state index is 8.84. The zero-order valence-corrected chi connectivity index (χ0v) is 10.9. The number of nitrogens with one attached hydrogen (secondary N) is 2. The summed E-state index contributed by atoms with van der Waals surface area (Å²) < 4.78 is 0. The number of H-pyrrole nitrogens is 1. The number of hydrogen-bond acceptors (Lipinski definition) is 2. The third-order valence-corrected chi connectivity index (χ3v) is 3.02. The van der Waals surface area contributed by atoms with E-state index in [1.165, 1.54) is 5.56 Å². The number of halogens is 1. The van der Waals surface area contributed by atoms with Crippen LogP contribution in [0.3, 0.4) is 0 Å². The van der Waals surface area contributed by atoms with E-state index in [9.17, 15) is 0 Å². The molecule has 0 aliphatic heterocycles. The van der Waals surface area contributed by atoms with Crippen LogP contribution >= 0.6 is 11.6 Å². The van der Waals surface area contributed by atoms with E-state index < -0.39 is 0 Å². The molecule has 0 bridgehead atoms. The molecule has 1 aromatic carbocycles. The summed E-state index contributed by atoms with van der Waals surface area (Å²) in [5.41, 5.74) is 2.81. The predicted molar refractivity (Wildman–Crippen MR) is 73.9 cm³/mol. The molecule has 0 fully saturated rings. The molecule has 0 aliphatic carbocycles. The molecule has 3 nitrogen and oxygen atoms in total. The monoisotopic (exact) mass is 259 g/mol. The van der Waals surface area contributed by atoms with Crippen LogP contribution in [0.25, 0.3) is 0 Å². The first-order chi connectivity index (χ1) is 8.69. The molecule has 1 aromatic heterocycles. The third kappa shape index (κ3) is 3.06. The Labute approximate surface area is 111 Å². The van der Waals surface area contributed by atoms with E-state index in [4.69, 9.17) is 16.9 Å². The fourth-order valence-corrected chi connectivity index (χ4v) is 1.89. The summed E-state index contributed by atoms with van der Waals surface area (Å²) in [5, 5.41) is 12.9. The second-order valence-electron chi connectivity index (χ2n) is 4.16. The summed E-state index contributed by atoms with van der Waals surface area (Å²) in [4.78, 5) is 3.03. The Balaban J connectivity index is 1.88. The number of aryl methyl sites for hydroxylation is 1. The highest BCUT2D eigenvalue weighted by Crippen LogP contribution is 2.13. The predicted octanol–water partition coefficient (Wildman–Crippen LogP) is 3.50. The SMILES string of the molecule is Cc1cc(NCCc2ccc(Cl)cc2)[nH]c1C#N. The van der Waals surface area contributed by atoms with Gasteiger partial charge in [0.05, 0.1) is 0 Å². The molecule has 0 spiro atoms. The largest absolute Gasteiger partial charge is 0.371 e. The van der Waals surface area contributed by atoms with E-state index in [0.29, 0.717) is 5.69 Å². The van der Waals surface area contributed by atoms with Crippen LogP contribution in [-0.4, -0.2) is 11.5 Å². The van der Waals surface area contributed by atoms with Crippen molar-refractivity contribution in [3.8, 4) is 6.07 Å². The lowest BCUT2D eigenvalue weighted by molar-refractivity contribution is 1.01. The van der Waals surface area contributed by atoms with Gasteiger partial charge in [-0.25, -0.2) is 0 Å². The van der Waals surface area contributed by atoms with Gasteiger partial charge < -0.3 is 10.3 Å². The van der Waals surface area contributed by atoms with Gasteiger partial charge in [0.25, 0.3) is 0 Å². The first-order valence-corrected chi connectivity index (χ1v) is 6.15. The lowest BCUT2D eigenvalue weighted by Gasteiger charge is -2.04. The van der Waals surface area contributed by atoms with Gasteiger partial charge >= 0.3 is 0 Å². The second kappa shape index (κ2) is 5.61. The summed E-state index contributed by atoms with van der Waals surface area (Å²) in [7, 11) is 0. The van der Waals surface area contributed by atoms with Crippen molar-refractivity contribution in [2.24, 2.45) is 0 Å². The highest BCUT2D eigenvalue weighted by Gasteiger charge is 2.02. The van der Waals surface area contributed by atoms with E-state index in [2.05, 4.69) is 16.4 Å². The van der Waals surface area contributed by atoms with Gasteiger partial charge in [0, 0.05) is 11.6 Å². The molecule has 1 heterocycles. The molecule has 0 saturated carbocycles. The minimum atomic E-state index is 0.615. The van der Waals surface area contributed by atoms with E-state index in [1.54, 1.807) is 0 Å². The smallest absolute Gasteiger partial charge is 0.122 e. The van der Waals surface area contributed by atoms with Crippen LogP contribution in [0.4, 0.5) is 5.82 Å². The third-order valence-electron chi connectivity index (χ3n) is 2.77. The van der Waals surface area contributed by atoms with Gasteiger partial charge in [0.2, 0.25) is 0 Å². The van der Waals surface area contributed by atoms with Crippen LogP contribution in [0.1, 0.15) is 16.8 Å². The molecular weight excluding hydrogens is 246 g/mol. The number of aromatic amines is 1. The first-order valence-electron chi connectivity index (χ1n) is 5.77. The number of nitriles is 1. The van der Waals surface area contributed by atoms with Crippen LogP contribution in [0.15, 0.2) is 30.3 Å². The minimum Gasteiger partial charge on any atom is -0.371 e. The van der Waals surface area contributed by atoms with Gasteiger partial charge in [0.15, 0.2) is 0 Å². The van der Waals surface area contributed by atoms with E-state index in [0.717, 1.165) is 29.4 Å². The quantitative estimate of drug-likeness (QED) is 0.883. The average molecular weight is 260 g/mol. The van der Waals surface area contributed by atoms with E-state index in [-0.39, 0.29) is 0 Å². The Hall–Kier alpha value is -1.92. The topological polar surface area (TPSA) is 51.6 Å². The van der Waals surface area contributed by atoms with Crippen molar-refractivity contribution in [2.75, 3.05) is 11.9 Å². The highest BCUT2D eigenvalue weighted by atomic mass is 35.5. The molecular formula is C14H14ClN3. The van der Waals surface area contributed by atoms with Crippen molar-refractivity contribution in [3.63, 3.8) is 0 Å². The Morgan fingerprint density at radius 1 is 1.33 bits per heavy atom. The van der Waals surface area contributed by atoms with Crippen LogP contribution in [0, 0.1) is 18.3 Å². The Morgan fingerprint density at radius 2 is 2.06 bits per heavy atom. The summed E-state index contributed by atoms with van der Waals surface area (Å²) in [5.74, 6) is 0.887. The number of hydrogen-bond donors (Lipinski definition) is 2. The average Bonchev–Trinajstić information content (AvgIpc) is 2.72. The number of rotatable bonds is 4. The maximum absolute atomic E-state index is 8.84. The van der Waals surface area contributed by atoms with Crippen molar-refractivity contribution in [1.29, 1.82) is 5.26 Å². The molecule has 0 aliphatic rings. The number of benzene rings is 1. The van der Waals surface area contributed by atoms with Crippen LogP contribution in [0.5, 0.6) is 0 Å². The zero-order chi connectivity index (χ0) is 13.0. The first kappa shape index (κ1) is 12.5. The summed E-state index contributed by atoms with van der Waals surface area (Å²) in [6, 6.07) is 11.9. The lowest BCUT2D eigenvalue weighted by atomic mass is 10.1. The van der Waals surface area contributed by atoms with Gasteiger partial charge in [0.1, 0.15) is 17.6 Å². The molecule has 92 valence electrons. The van der Waals surface area contributed by atoms with Crippen molar-refractivity contribution in [3.05, 3.63) is 52.2 Å².